The van der Waals surface area contributed by atoms with Crippen LogP contribution in [0.25, 0.3) is 0 Å². The molecule has 37 heavy (non-hydrogen) atoms. The van der Waals surface area contributed by atoms with Crippen LogP contribution < -0.4 is 5.82 Å². The fourth-order valence-corrected chi connectivity index (χ4v) is 6.26. The zero-order valence-electron chi connectivity index (χ0n) is 23.1. The van der Waals surface area contributed by atoms with Crippen LogP contribution in [0.4, 0.5) is 0 Å². The summed E-state index contributed by atoms with van der Waals surface area (Å²) in [7, 11) is 0. The maximum Gasteiger partial charge on any atom is 0.519 e. The fourth-order valence-electron chi connectivity index (χ4n) is 5.57. The van der Waals surface area contributed by atoms with Gasteiger partial charge in [0.25, 0.3) is 0 Å². The van der Waals surface area contributed by atoms with E-state index in [9.17, 15) is 19.8 Å². The minimum atomic E-state index is -1.16. The van der Waals surface area contributed by atoms with Crippen molar-refractivity contribution in [3.63, 3.8) is 0 Å². The largest absolute Gasteiger partial charge is 0.519 e. The second-order valence-electron chi connectivity index (χ2n) is 11.7. The van der Waals surface area contributed by atoms with Gasteiger partial charge in [-0.2, -0.15) is 0 Å². The van der Waals surface area contributed by atoms with Crippen LogP contribution >= 0.6 is 11.8 Å². The maximum absolute atomic E-state index is 12.5. The molecule has 2 fully saturated rings. The first-order valence-corrected chi connectivity index (χ1v) is 14.7. The number of carbonyl (C=O) groups is 1. The Morgan fingerprint density at radius 1 is 1.14 bits per heavy atom. The van der Waals surface area contributed by atoms with Crippen LogP contribution in [0, 0.1) is 11.3 Å². The number of thioether (sulfide) groups is 1. The van der Waals surface area contributed by atoms with E-state index in [1.165, 1.54) is 11.8 Å². The van der Waals surface area contributed by atoms with Crippen molar-refractivity contribution in [1.29, 1.82) is 0 Å². The minimum Gasteiger partial charge on any atom is -0.394 e. The average Bonchev–Trinajstić information content (AvgIpc) is 3.03. The lowest BCUT2D eigenvalue weighted by Crippen LogP contribution is -2.58. The summed E-state index contributed by atoms with van der Waals surface area (Å²) in [6.07, 6.45) is 3.91. The van der Waals surface area contributed by atoms with E-state index in [1.54, 1.807) is 6.92 Å². The highest BCUT2D eigenvalue weighted by Crippen LogP contribution is 2.35. The molecule has 9 nitrogen and oxygen atoms in total. The lowest BCUT2D eigenvalue weighted by atomic mass is 9.84. The van der Waals surface area contributed by atoms with Crippen molar-refractivity contribution in [1.82, 2.24) is 4.90 Å². The molecule has 1 unspecified atom stereocenters. The molecule has 2 aliphatic rings. The summed E-state index contributed by atoms with van der Waals surface area (Å²) in [4.78, 5) is 26.6. The zero-order chi connectivity index (χ0) is 27.3. The summed E-state index contributed by atoms with van der Waals surface area (Å²) < 4.78 is 22.9. The van der Waals surface area contributed by atoms with Gasteiger partial charge < -0.3 is 28.5 Å². The van der Waals surface area contributed by atoms with Gasteiger partial charge in [0.05, 0.1) is 18.7 Å². The van der Waals surface area contributed by atoms with Crippen molar-refractivity contribution in [2.24, 2.45) is 11.3 Å². The van der Waals surface area contributed by atoms with Gasteiger partial charge in [0, 0.05) is 0 Å². The highest BCUT2D eigenvalue weighted by Gasteiger charge is 2.46. The van der Waals surface area contributed by atoms with E-state index >= 15 is 0 Å². The average molecular weight is 544 g/mol. The molecule has 10 heteroatoms. The molecule has 2 N–H and O–H groups in total. The third-order valence-corrected chi connectivity index (χ3v) is 8.30. The lowest BCUT2D eigenvalue weighted by Gasteiger charge is -2.43. The standard InChI is InChI=1S/C27H45NO8S/c1-7-8-17-9-10-18(16(2)29)28(12-11-17)14-20-21(36-26(32)35-20)15-33-24-19(13-27(3,4)5)34-25(37-6)23(31)22(24)30/h17-19,22-25,30-31H,7-15H2,1-6H3/t17?,18-,19+,22+,23+,24-,25+/m0/s1. The van der Waals surface area contributed by atoms with Crippen LogP contribution in [-0.2, 0) is 27.4 Å². The molecule has 3 heterocycles. The summed E-state index contributed by atoms with van der Waals surface area (Å²) in [6.45, 7) is 10.9. The van der Waals surface area contributed by atoms with E-state index in [-0.39, 0.29) is 36.2 Å². The second kappa shape index (κ2) is 13.3. The van der Waals surface area contributed by atoms with E-state index in [2.05, 4.69) is 32.6 Å². The Labute approximate surface area is 224 Å². The molecular weight excluding hydrogens is 498 g/mol. The molecule has 212 valence electrons. The van der Waals surface area contributed by atoms with Crippen LogP contribution in [0.1, 0.15) is 84.7 Å². The third-order valence-electron chi connectivity index (χ3n) is 7.44. The van der Waals surface area contributed by atoms with Crippen molar-refractivity contribution in [3.05, 3.63) is 22.1 Å². The van der Waals surface area contributed by atoms with Crippen molar-refractivity contribution in [2.45, 2.75) is 122 Å². The highest BCUT2D eigenvalue weighted by molar-refractivity contribution is 7.99. The van der Waals surface area contributed by atoms with Crippen LogP contribution in [-0.4, -0.2) is 69.6 Å². The topological polar surface area (TPSA) is 123 Å². The van der Waals surface area contributed by atoms with Crippen molar-refractivity contribution in [2.75, 3.05) is 12.8 Å². The number of hydrogen-bond acceptors (Lipinski definition) is 10. The summed E-state index contributed by atoms with van der Waals surface area (Å²) in [5.41, 5.74) is -0.665. The Balaban J connectivity index is 1.75. The maximum atomic E-state index is 12.5. The van der Waals surface area contributed by atoms with E-state index in [0.717, 1.165) is 38.6 Å². The van der Waals surface area contributed by atoms with Gasteiger partial charge in [-0.3, -0.25) is 9.69 Å². The van der Waals surface area contributed by atoms with Crippen LogP contribution in [0.3, 0.4) is 0 Å². The molecule has 1 aromatic rings. The zero-order valence-corrected chi connectivity index (χ0v) is 23.9. The first-order valence-electron chi connectivity index (χ1n) is 13.5. The molecular formula is C27H45NO8S. The number of ketones is 1. The Hall–Kier alpha value is -1.17. The Morgan fingerprint density at radius 2 is 1.84 bits per heavy atom. The SMILES string of the molecule is CCCC1CC[C@@H](C(C)=O)N(Cc2oc(=O)oc2CO[C@@H]2[C@H](O)[C@@H](O)[C@@H](SC)O[C@@H]2CC(C)(C)C)CC1. The van der Waals surface area contributed by atoms with Gasteiger partial charge in [-0.1, -0.05) is 40.5 Å². The van der Waals surface area contributed by atoms with Gasteiger partial charge in [-0.15, -0.1) is 11.8 Å². The Kier molecular flexibility index (Phi) is 10.9. The van der Waals surface area contributed by atoms with Gasteiger partial charge >= 0.3 is 5.82 Å². The third kappa shape index (κ3) is 8.16. The number of nitrogens with zero attached hydrogens (tertiary/aromatic N) is 1. The van der Waals surface area contributed by atoms with Crippen molar-refractivity contribution in [3.8, 4) is 0 Å². The molecule has 0 aliphatic carbocycles. The molecule has 7 atom stereocenters. The molecule has 0 radical (unpaired) electrons. The first-order chi connectivity index (χ1) is 17.4. The predicted molar refractivity (Wildman–Crippen MR) is 141 cm³/mol. The van der Waals surface area contributed by atoms with Crippen LogP contribution in [0.2, 0.25) is 0 Å². The molecule has 2 saturated heterocycles. The van der Waals surface area contributed by atoms with Crippen molar-refractivity contribution < 1.29 is 33.3 Å². The quantitative estimate of drug-likeness (QED) is 0.451. The summed E-state index contributed by atoms with van der Waals surface area (Å²) >= 11 is 1.34. The molecule has 1 aromatic heterocycles. The number of hydrogen-bond donors (Lipinski definition) is 2. The number of Topliss-reactive ketones (excluding diaryl/α,β-unsaturated/α-hetero) is 1. The Morgan fingerprint density at radius 3 is 2.46 bits per heavy atom. The minimum absolute atomic E-state index is 0.102. The normalized spacial score (nSPS) is 31.8. The molecule has 0 spiro atoms. The molecule has 0 aromatic carbocycles. The van der Waals surface area contributed by atoms with E-state index in [1.807, 2.05) is 6.26 Å². The number of likely N-dealkylation sites (tertiary alicyclic amines) is 1. The number of rotatable bonds is 10. The highest BCUT2D eigenvalue weighted by atomic mass is 32.2. The van der Waals surface area contributed by atoms with Crippen LogP contribution in [0.15, 0.2) is 13.6 Å². The molecule has 0 saturated carbocycles. The number of ether oxygens (including phenoxy) is 2. The number of carbonyl (C=O) groups excluding carboxylic acids is 1. The number of aliphatic hydroxyl groups is 2. The molecule has 2 aliphatic heterocycles. The molecule has 0 bridgehead atoms. The van der Waals surface area contributed by atoms with Gasteiger partial charge in [-0.25, -0.2) is 4.79 Å². The predicted octanol–water partition coefficient (Wildman–Crippen LogP) is 3.72. The fraction of sp³-hybridized carbons (Fsp3) is 0.852. The monoisotopic (exact) mass is 543 g/mol. The van der Waals surface area contributed by atoms with E-state index in [4.69, 9.17) is 18.3 Å². The van der Waals surface area contributed by atoms with Crippen molar-refractivity contribution >= 4 is 17.5 Å². The van der Waals surface area contributed by atoms with Crippen LogP contribution in [0.5, 0.6) is 0 Å². The summed E-state index contributed by atoms with van der Waals surface area (Å²) in [5.74, 6) is 0.405. The number of aliphatic hydroxyl groups excluding tert-OH is 2. The van der Waals surface area contributed by atoms with Gasteiger partial charge in [0.2, 0.25) is 0 Å². The second-order valence-corrected chi connectivity index (χ2v) is 12.7. The molecule has 3 rings (SSSR count). The van der Waals surface area contributed by atoms with Gasteiger partial charge in [-0.05, 0) is 56.7 Å². The summed E-state index contributed by atoms with van der Waals surface area (Å²) in [5, 5.41) is 21.4. The van der Waals surface area contributed by atoms with Gasteiger partial charge in [0.15, 0.2) is 11.5 Å². The lowest BCUT2D eigenvalue weighted by molar-refractivity contribution is -0.223. The Bertz CT molecular complexity index is 924. The smallest absolute Gasteiger partial charge is 0.394 e. The van der Waals surface area contributed by atoms with E-state index < -0.39 is 35.7 Å². The van der Waals surface area contributed by atoms with Gasteiger partial charge in [0.1, 0.15) is 36.1 Å². The molecule has 0 amide bonds. The first kappa shape index (κ1) is 30.4. The summed E-state index contributed by atoms with van der Waals surface area (Å²) in [6, 6.07) is -0.237. The van der Waals surface area contributed by atoms with E-state index in [0.29, 0.717) is 18.1 Å².